The van der Waals surface area contributed by atoms with Gasteiger partial charge in [-0.1, -0.05) is 29.3 Å². The standard InChI is InChI=1S/C8H4Cl2O2/c9-5-2-1-3-6(10)8(5)7(12)4-11/h1-4H. The molecule has 0 N–H and O–H groups in total. The van der Waals surface area contributed by atoms with E-state index in [0.717, 1.165) is 0 Å². The number of benzene rings is 1. The molecule has 0 aliphatic carbocycles. The molecule has 0 aliphatic heterocycles. The monoisotopic (exact) mass is 202 g/mol. The van der Waals surface area contributed by atoms with Gasteiger partial charge in [-0.05, 0) is 12.1 Å². The predicted molar refractivity (Wildman–Crippen MR) is 46.9 cm³/mol. The van der Waals surface area contributed by atoms with Gasteiger partial charge in [0.05, 0.1) is 15.6 Å². The molecule has 0 spiro atoms. The fourth-order valence-corrected chi connectivity index (χ4v) is 1.38. The third kappa shape index (κ3) is 1.65. The molecule has 0 amide bonds. The van der Waals surface area contributed by atoms with Crippen molar-refractivity contribution in [3.8, 4) is 0 Å². The Morgan fingerprint density at radius 3 is 2.17 bits per heavy atom. The van der Waals surface area contributed by atoms with Crippen molar-refractivity contribution < 1.29 is 9.59 Å². The third-order valence-corrected chi connectivity index (χ3v) is 1.95. The molecule has 2 nitrogen and oxygen atoms in total. The minimum atomic E-state index is -0.703. The minimum absolute atomic E-state index is 0.0656. The molecule has 0 fully saturated rings. The molecule has 0 unspecified atom stereocenters. The second-order valence-electron chi connectivity index (χ2n) is 2.08. The maximum absolute atomic E-state index is 10.9. The van der Waals surface area contributed by atoms with Crippen LogP contribution in [0.2, 0.25) is 10.0 Å². The molecular weight excluding hydrogens is 199 g/mol. The van der Waals surface area contributed by atoms with Crippen LogP contribution in [0.4, 0.5) is 0 Å². The van der Waals surface area contributed by atoms with Gasteiger partial charge in [0.1, 0.15) is 0 Å². The summed E-state index contributed by atoms with van der Waals surface area (Å²) in [6, 6.07) is 4.61. The number of ketones is 1. The summed E-state index contributed by atoms with van der Waals surface area (Å²) in [6.45, 7) is 0. The Morgan fingerprint density at radius 2 is 1.75 bits per heavy atom. The molecule has 0 atom stereocenters. The Labute approximate surface area is 79.1 Å². The van der Waals surface area contributed by atoms with Crippen LogP contribution in [0, 0.1) is 0 Å². The summed E-state index contributed by atoms with van der Waals surface area (Å²) >= 11 is 11.3. The van der Waals surface area contributed by atoms with Crippen LogP contribution < -0.4 is 0 Å². The third-order valence-electron chi connectivity index (χ3n) is 1.32. The van der Waals surface area contributed by atoms with Crippen LogP contribution in [-0.4, -0.2) is 12.1 Å². The molecular formula is C8H4Cl2O2. The molecule has 0 radical (unpaired) electrons. The molecule has 0 saturated carbocycles. The van der Waals surface area contributed by atoms with Crippen molar-refractivity contribution in [1.82, 2.24) is 0 Å². The lowest BCUT2D eigenvalue weighted by Gasteiger charge is -1.99. The van der Waals surface area contributed by atoms with Crippen molar-refractivity contribution in [2.45, 2.75) is 0 Å². The lowest BCUT2D eigenvalue weighted by atomic mass is 10.1. The Hall–Kier alpha value is -0.860. The normalized spacial score (nSPS) is 9.50. The molecule has 1 aromatic rings. The molecule has 0 aromatic heterocycles. The van der Waals surface area contributed by atoms with Gasteiger partial charge in [0, 0.05) is 0 Å². The van der Waals surface area contributed by atoms with E-state index in [0.29, 0.717) is 0 Å². The van der Waals surface area contributed by atoms with Crippen molar-refractivity contribution in [2.75, 3.05) is 0 Å². The molecule has 12 heavy (non-hydrogen) atoms. The highest BCUT2D eigenvalue weighted by Gasteiger charge is 2.12. The second kappa shape index (κ2) is 3.70. The van der Waals surface area contributed by atoms with Crippen LogP contribution in [0.25, 0.3) is 0 Å². The summed E-state index contributed by atoms with van der Waals surface area (Å²) in [6.07, 6.45) is 0.188. The molecule has 0 bridgehead atoms. The highest BCUT2D eigenvalue weighted by molar-refractivity contribution is 6.46. The number of carbonyl (C=O) groups excluding carboxylic acids is 2. The Kier molecular flexibility index (Phi) is 2.84. The van der Waals surface area contributed by atoms with E-state index in [9.17, 15) is 9.59 Å². The van der Waals surface area contributed by atoms with E-state index < -0.39 is 5.78 Å². The number of hydrogen-bond acceptors (Lipinski definition) is 2. The van der Waals surface area contributed by atoms with Gasteiger partial charge in [-0.3, -0.25) is 9.59 Å². The van der Waals surface area contributed by atoms with E-state index >= 15 is 0 Å². The summed E-state index contributed by atoms with van der Waals surface area (Å²) in [5, 5.41) is 0.388. The van der Waals surface area contributed by atoms with Crippen molar-refractivity contribution in [3.63, 3.8) is 0 Å². The first-order valence-corrected chi connectivity index (χ1v) is 3.86. The van der Waals surface area contributed by atoms with Gasteiger partial charge < -0.3 is 0 Å². The number of Topliss-reactive ketones (excluding diaryl/α,β-unsaturated/α-hetero) is 1. The summed E-state index contributed by atoms with van der Waals surface area (Å²) in [5.74, 6) is -0.703. The number of carbonyl (C=O) groups is 2. The van der Waals surface area contributed by atoms with Gasteiger partial charge in [-0.15, -0.1) is 0 Å². The number of rotatable bonds is 2. The molecule has 62 valence electrons. The first-order chi connectivity index (χ1) is 5.66. The van der Waals surface area contributed by atoms with E-state index in [-0.39, 0.29) is 21.9 Å². The van der Waals surface area contributed by atoms with Crippen LogP contribution >= 0.6 is 23.2 Å². The van der Waals surface area contributed by atoms with Crippen molar-refractivity contribution in [2.24, 2.45) is 0 Å². The Balaban J connectivity index is 3.30. The highest BCUT2D eigenvalue weighted by atomic mass is 35.5. The Bertz CT molecular complexity index is 314. The first-order valence-electron chi connectivity index (χ1n) is 3.10. The lowest BCUT2D eigenvalue weighted by Crippen LogP contribution is -2.01. The SMILES string of the molecule is O=CC(=O)c1c(Cl)cccc1Cl. The van der Waals surface area contributed by atoms with Crippen LogP contribution in [0.3, 0.4) is 0 Å². The van der Waals surface area contributed by atoms with E-state index in [4.69, 9.17) is 23.2 Å². The van der Waals surface area contributed by atoms with Gasteiger partial charge in [0.2, 0.25) is 5.78 Å². The largest absolute Gasteiger partial charge is 0.294 e. The van der Waals surface area contributed by atoms with Crippen LogP contribution in [0.15, 0.2) is 18.2 Å². The summed E-state index contributed by atoms with van der Waals surface area (Å²) in [7, 11) is 0. The maximum Gasteiger partial charge on any atom is 0.228 e. The van der Waals surface area contributed by atoms with Crippen LogP contribution in [0.1, 0.15) is 10.4 Å². The summed E-state index contributed by atoms with van der Waals surface area (Å²) in [5.41, 5.74) is 0.0656. The van der Waals surface area contributed by atoms with Crippen LogP contribution in [0.5, 0.6) is 0 Å². The smallest absolute Gasteiger partial charge is 0.228 e. The highest BCUT2D eigenvalue weighted by Crippen LogP contribution is 2.23. The van der Waals surface area contributed by atoms with E-state index in [1.54, 1.807) is 6.07 Å². The zero-order valence-corrected chi connectivity index (χ0v) is 7.39. The van der Waals surface area contributed by atoms with Gasteiger partial charge in [-0.2, -0.15) is 0 Å². The fraction of sp³-hybridized carbons (Fsp3) is 0. The summed E-state index contributed by atoms with van der Waals surface area (Å²) in [4.78, 5) is 21.1. The molecule has 1 aromatic carbocycles. The van der Waals surface area contributed by atoms with E-state index in [1.807, 2.05) is 0 Å². The minimum Gasteiger partial charge on any atom is -0.294 e. The summed E-state index contributed by atoms with van der Waals surface area (Å²) < 4.78 is 0. The number of halogens is 2. The molecule has 0 saturated heterocycles. The first kappa shape index (κ1) is 9.23. The zero-order chi connectivity index (χ0) is 9.14. The average Bonchev–Trinajstić information content (AvgIpc) is 2.03. The molecule has 0 heterocycles. The van der Waals surface area contributed by atoms with Crippen LogP contribution in [-0.2, 0) is 4.79 Å². The number of hydrogen-bond donors (Lipinski definition) is 0. The maximum atomic E-state index is 10.9. The van der Waals surface area contributed by atoms with Gasteiger partial charge >= 0.3 is 0 Å². The predicted octanol–water partition coefficient (Wildman–Crippen LogP) is 2.38. The van der Waals surface area contributed by atoms with E-state index in [2.05, 4.69) is 0 Å². The van der Waals surface area contributed by atoms with Crippen molar-refractivity contribution in [1.29, 1.82) is 0 Å². The van der Waals surface area contributed by atoms with Gasteiger partial charge in [0.15, 0.2) is 6.29 Å². The van der Waals surface area contributed by atoms with Crippen molar-refractivity contribution >= 4 is 35.3 Å². The quantitative estimate of drug-likeness (QED) is 0.420. The molecule has 0 aliphatic rings. The average molecular weight is 203 g/mol. The topological polar surface area (TPSA) is 34.1 Å². The zero-order valence-electron chi connectivity index (χ0n) is 5.88. The Morgan fingerprint density at radius 1 is 1.25 bits per heavy atom. The molecule has 4 heteroatoms. The number of aldehydes is 1. The lowest BCUT2D eigenvalue weighted by molar-refractivity contribution is -0.104. The fourth-order valence-electron chi connectivity index (χ4n) is 0.792. The van der Waals surface area contributed by atoms with Gasteiger partial charge in [0.25, 0.3) is 0 Å². The second-order valence-corrected chi connectivity index (χ2v) is 2.89. The molecule has 1 rings (SSSR count). The van der Waals surface area contributed by atoms with E-state index in [1.165, 1.54) is 12.1 Å². The van der Waals surface area contributed by atoms with Crippen molar-refractivity contribution in [3.05, 3.63) is 33.8 Å². The van der Waals surface area contributed by atoms with Gasteiger partial charge in [-0.25, -0.2) is 0 Å².